The normalized spacial score (nSPS) is 30.9. The van der Waals surface area contributed by atoms with E-state index in [-0.39, 0.29) is 8.37 Å². The summed E-state index contributed by atoms with van der Waals surface area (Å²) in [6.45, 7) is 8.45. The van der Waals surface area contributed by atoms with Gasteiger partial charge in [0.05, 0.1) is 0 Å². The lowest BCUT2D eigenvalue weighted by molar-refractivity contribution is -0.134. The van der Waals surface area contributed by atoms with Gasteiger partial charge in [-0.25, -0.2) is 0 Å². The van der Waals surface area contributed by atoms with Crippen LogP contribution in [-0.4, -0.2) is 90.4 Å². The summed E-state index contributed by atoms with van der Waals surface area (Å²) in [5.41, 5.74) is 0. The van der Waals surface area contributed by atoms with Crippen LogP contribution in [0.5, 0.6) is 0 Å². The second-order valence-electron chi connectivity index (χ2n) is 4.77. The average Bonchev–Trinajstić information content (AvgIpc) is 2.23. The van der Waals surface area contributed by atoms with Crippen LogP contribution in [0.15, 0.2) is 0 Å². The zero-order valence-corrected chi connectivity index (χ0v) is 12.7. The molecule has 3 aliphatic heterocycles. The van der Waals surface area contributed by atoms with E-state index in [1.807, 2.05) is 0 Å². The molecule has 18 heavy (non-hydrogen) atoms. The summed E-state index contributed by atoms with van der Waals surface area (Å²) in [6, 6.07) is 0. The second kappa shape index (κ2) is 7.36. The first kappa shape index (κ1) is 15.8. The van der Waals surface area contributed by atoms with E-state index in [0.29, 0.717) is 0 Å². The lowest BCUT2D eigenvalue weighted by atomic mass is 10.4. The van der Waals surface area contributed by atoms with Gasteiger partial charge in [0.2, 0.25) is 0 Å². The highest BCUT2D eigenvalue weighted by atomic mass is 31.2. The molecule has 3 aliphatic rings. The molecule has 6 nitrogen and oxygen atoms in total. The van der Waals surface area contributed by atoms with Crippen molar-refractivity contribution in [3.63, 3.8) is 0 Å². The molecular weight excluding hydrogens is 251 g/mol. The van der Waals surface area contributed by atoms with Gasteiger partial charge in [0.1, 0.15) is 8.37 Å². The molecule has 0 saturated carbocycles. The molecule has 3 fully saturated rings. The molecule has 3 heterocycles. The van der Waals surface area contributed by atoms with Crippen LogP contribution in [0, 0.1) is 0 Å². The fraction of sp³-hybridized carbons (Fsp3) is 0.909. The molecule has 1 N–H and O–H groups in total. The summed E-state index contributed by atoms with van der Waals surface area (Å²) in [5.74, 6) is -0.833. The maximum atomic E-state index is 9.00. The minimum Gasteiger partial charge on any atom is -0.481 e. The van der Waals surface area contributed by atoms with Crippen molar-refractivity contribution in [1.29, 1.82) is 0 Å². The third-order valence-electron chi connectivity index (χ3n) is 3.14. The average molecular weight is 276 g/mol. The van der Waals surface area contributed by atoms with E-state index < -0.39 is 5.97 Å². The maximum absolute atomic E-state index is 9.00. The SMILES string of the molecule is CC(=O)O.CN1CCN2CCN(C)P1N(C)CC2. The van der Waals surface area contributed by atoms with Crippen LogP contribution in [-0.2, 0) is 4.79 Å². The van der Waals surface area contributed by atoms with Crippen LogP contribution in [0.25, 0.3) is 0 Å². The Kier molecular flexibility index (Phi) is 6.46. The minimum atomic E-state index is -0.833. The monoisotopic (exact) mass is 276 g/mol. The second-order valence-corrected chi connectivity index (χ2v) is 7.36. The molecule has 0 aromatic carbocycles. The van der Waals surface area contributed by atoms with Gasteiger partial charge in [0, 0.05) is 46.2 Å². The Bertz CT molecular complexity index is 242. The Balaban J connectivity index is 0.000000357. The molecule has 0 aromatic rings. The van der Waals surface area contributed by atoms with Gasteiger partial charge in [-0.3, -0.25) is 23.7 Å². The van der Waals surface area contributed by atoms with Gasteiger partial charge in [-0.1, -0.05) is 0 Å². The number of fused-ring (bicyclic) bond motifs is 6. The third-order valence-corrected chi connectivity index (χ3v) is 5.57. The predicted octanol–water partition coefficient (Wildman–Crippen LogP) is 0.429. The van der Waals surface area contributed by atoms with E-state index in [2.05, 4.69) is 40.1 Å². The topological polar surface area (TPSA) is 50.3 Å². The van der Waals surface area contributed by atoms with Gasteiger partial charge in [-0.2, -0.15) is 0 Å². The summed E-state index contributed by atoms with van der Waals surface area (Å²) >= 11 is 0. The highest BCUT2D eigenvalue weighted by Crippen LogP contribution is 2.45. The van der Waals surface area contributed by atoms with Crippen LogP contribution >= 0.6 is 8.37 Å². The molecule has 0 spiro atoms. The quantitative estimate of drug-likeness (QED) is 0.648. The zero-order valence-electron chi connectivity index (χ0n) is 11.8. The number of hydrogen-bond acceptors (Lipinski definition) is 5. The first-order chi connectivity index (χ1) is 8.41. The Hall–Kier alpha value is -0.260. The number of hydrogen-bond donors (Lipinski definition) is 1. The maximum Gasteiger partial charge on any atom is 0.300 e. The Morgan fingerprint density at radius 2 is 1.17 bits per heavy atom. The highest BCUT2D eigenvalue weighted by molar-refractivity contribution is 7.50. The molecule has 7 heteroatoms. The summed E-state index contributed by atoms with van der Waals surface area (Å²) in [6.07, 6.45) is 0. The minimum absolute atomic E-state index is 0.188. The molecule has 0 amide bonds. The van der Waals surface area contributed by atoms with Crippen LogP contribution < -0.4 is 0 Å². The smallest absolute Gasteiger partial charge is 0.300 e. The Labute approximate surface area is 111 Å². The van der Waals surface area contributed by atoms with Crippen molar-refractivity contribution >= 4 is 14.3 Å². The van der Waals surface area contributed by atoms with Crippen molar-refractivity contribution in [3.8, 4) is 0 Å². The lowest BCUT2D eigenvalue weighted by Crippen LogP contribution is -2.49. The summed E-state index contributed by atoms with van der Waals surface area (Å²) in [5, 5.41) is 7.42. The molecule has 0 aromatic heterocycles. The van der Waals surface area contributed by atoms with Gasteiger partial charge in [-0.15, -0.1) is 0 Å². The summed E-state index contributed by atoms with van der Waals surface area (Å²) in [7, 11) is 6.58. The number of rotatable bonds is 0. The van der Waals surface area contributed by atoms with Gasteiger partial charge >= 0.3 is 0 Å². The van der Waals surface area contributed by atoms with Gasteiger partial charge < -0.3 is 5.11 Å². The molecule has 0 unspecified atom stereocenters. The summed E-state index contributed by atoms with van der Waals surface area (Å²) in [4.78, 5) is 11.6. The number of carboxylic acids is 1. The fourth-order valence-electron chi connectivity index (χ4n) is 2.24. The van der Waals surface area contributed by atoms with Crippen molar-refractivity contribution in [3.05, 3.63) is 0 Å². The summed E-state index contributed by atoms with van der Waals surface area (Å²) < 4.78 is 7.54. The van der Waals surface area contributed by atoms with Crippen molar-refractivity contribution < 1.29 is 9.90 Å². The van der Waals surface area contributed by atoms with E-state index in [1.165, 1.54) is 39.3 Å². The molecule has 2 bridgehead atoms. The number of aliphatic carboxylic acids is 1. The first-order valence-corrected chi connectivity index (χ1v) is 7.47. The number of likely N-dealkylation sites (N-methyl/N-ethyl adjacent to an activating group) is 3. The van der Waals surface area contributed by atoms with Crippen LogP contribution in [0.4, 0.5) is 0 Å². The number of carboxylic acid groups (broad SMARTS) is 1. The van der Waals surface area contributed by atoms with Crippen molar-refractivity contribution in [2.75, 3.05) is 60.4 Å². The van der Waals surface area contributed by atoms with E-state index in [1.54, 1.807) is 0 Å². The Morgan fingerprint density at radius 1 is 0.889 bits per heavy atom. The van der Waals surface area contributed by atoms with Gasteiger partial charge in [0.25, 0.3) is 5.97 Å². The largest absolute Gasteiger partial charge is 0.481 e. The molecule has 0 aliphatic carbocycles. The van der Waals surface area contributed by atoms with E-state index in [9.17, 15) is 0 Å². The number of carbonyl (C=O) groups is 1. The van der Waals surface area contributed by atoms with E-state index in [4.69, 9.17) is 9.90 Å². The Morgan fingerprint density at radius 3 is 1.44 bits per heavy atom. The van der Waals surface area contributed by atoms with E-state index in [0.717, 1.165) is 6.92 Å². The standard InChI is InChI=1S/C9H21N4P.C2H4O2/c1-10-4-7-13-8-5-11(2)14(10)12(3)6-9-13;1-2(3)4/h4-9H2,1-3H3;1H3,(H,3,4). The van der Waals surface area contributed by atoms with Gasteiger partial charge in [-0.05, 0) is 21.1 Å². The van der Waals surface area contributed by atoms with Gasteiger partial charge in [0.15, 0.2) is 0 Å². The van der Waals surface area contributed by atoms with E-state index >= 15 is 0 Å². The van der Waals surface area contributed by atoms with Crippen LogP contribution in [0.1, 0.15) is 6.92 Å². The van der Waals surface area contributed by atoms with Crippen molar-refractivity contribution in [2.45, 2.75) is 6.92 Å². The predicted molar refractivity (Wildman–Crippen MR) is 74.6 cm³/mol. The fourth-order valence-corrected chi connectivity index (χ4v) is 4.61. The highest BCUT2D eigenvalue weighted by Gasteiger charge is 2.30. The van der Waals surface area contributed by atoms with Crippen molar-refractivity contribution in [1.82, 2.24) is 18.9 Å². The van der Waals surface area contributed by atoms with Crippen LogP contribution in [0.2, 0.25) is 0 Å². The molecule has 3 rings (SSSR count). The number of nitrogens with zero attached hydrogens (tertiary/aromatic N) is 4. The molecule has 0 atom stereocenters. The third kappa shape index (κ3) is 4.78. The van der Waals surface area contributed by atoms with Crippen LogP contribution in [0.3, 0.4) is 0 Å². The lowest BCUT2D eigenvalue weighted by Gasteiger charge is -2.46. The first-order valence-electron chi connectivity index (χ1n) is 6.27. The zero-order chi connectivity index (χ0) is 13.7. The molecule has 106 valence electrons. The van der Waals surface area contributed by atoms with Crippen molar-refractivity contribution in [2.24, 2.45) is 0 Å². The molecule has 0 radical (unpaired) electrons. The molecule has 3 saturated heterocycles. The molecular formula is C11H25N4O2P.